The van der Waals surface area contributed by atoms with E-state index >= 15 is 0 Å². The van der Waals surface area contributed by atoms with Gasteiger partial charge in [0.15, 0.2) is 0 Å². The molecule has 7 atom stereocenters. The molecule has 63 heavy (non-hydrogen) atoms. The Kier molecular flexibility index (Phi) is 19.7. The Morgan fingerprint density at radius 3 is 2.13 bits per heavy atom. The highest BCUT2D eigenvalue weighted by molar-refractivity contribution is 5.94. The Morgan fingerprint density at radius 1 is 0.952 bits per heavy atom. The Balaban J connectivity index is 1.68. The summed E-state index contributed by atoms with van der Waals surface area (Å²) in [5, 5.41) is 8.99. The predicted octanol–water partition coefficient (Wildman–Crippen LogP) is 5.49. The van der Waals surface area contributed by atoms with Crippen LogP contribution in [0.4, 0.5) is 0 Å². The summed E-state index contributed by atoms with van der Waals surface area (Å²) in [5.41, 5.74) is 5.05. The van der Waals surface area contributed by atoms with Crippen LogP contribution in [0.1, 0.15) is 140 Å². The molecule has 1 heterocycles. The smallest absolute Gasteiger partial charge is 0.245 e. The monoisotopic (exact) mass is 885 g/mol. The van der Waals surface area contributed by atoms with E-state index in [-0.39, 0.29) is 65.3 Å². The van der Waals surface area contributed by atoms with Crippen molar-refractivity contribution in [3.63, 3.8) is 0 Å². The second-order valence-electron chi connectivity index (χ2n) is 20.7. The number of rotatable bonds is 26. The number of methoxy groups -OCH3 is 2. The van der Waals surface area contributed by atoms with Gasteiger partial charge in [0.25, 0.3) is 0 Å². The highest BCUT2D eigenvalue weighted by Gasteiger charge is 2.46. The van der Waals surface area contributed by atoms with Crippen LogP contribution in [-0.2, 0) is 43.6 Å². The number of carbonyl (C=O) groups excluding carboxylic acids is 5. The molecule has 1 saturated carbocycles. The van der Waals surface area contributed by atoms with Crippen molar-refractivity contribution in [2.45, 2.75) is 186 Å². The number of amides is 5. The van der Waals surface area contributed by atoms with Gasteiger partial charge < -0.3 is 45.7 Å². The number of likely N-dealkylation sites (tertiary alicyclic amines) is 1. The molecule has 14 heteroatoms. The lowest BCUT2D eigenvalue weighted by atomic mass is 9.89. The minimum Gasteiger partial charge on any atom is -0.379 e. The number of benzene rings is 1. The Labute approximate surface area is 379 Å². The average molecular weight is 885 g/mol. The van der Waals surface area contributed by atoms with Gasteiger partial charge in [0.1, 0.15) is 11.6 Å². The maximum Gasteiger partial charge on any atom is 0.245 e. The molecule has 1 aromatic rings. The van der Waals surface area contributed by atoms with Crippen LogP contribution in [0.25, 0.3) is 0 Å². The number of hydrogen-bond donors (Lipinski definition) is 4. The summed E-state index contributed by atoms with van der Waals surface area (Å²) in [6.07, 6.45) is 4.35. The predicted molar refractivity (Wildman–Crippen MR) is 248 cm³/mol. The molecule has 1 saturated heterocycles. The minimum absolute atomic E-state index is 0.0147. The normalized spacial score (nSPS) is 19.4. The van der Waals surface area contributed by atoms with Crippen LogP contribution >= 0.6 is 0 Å². The number of likely N-dealkylation sites (N-methyl/N-ethyl adjacent to an activating group) is 1. The lowest BCUT2D eigenvalue weighted by Gasteiger charge is -2.41. The molecule has 0 bridgehead atoms. The van der Waals surface area contributed by atoms with E-state index in [9.17, 15) is 24.0 Å². The molecular formula is C49H84N6O8. The molecule has 5 amide bonds. The van der Waals surface area contributed by atoms with Crippen molar-refractivity contribution in [2.24, 2.45) is 23.5 Å². The van der Waals surface area contributed by atoms with Gasteiger partial charge in [-0.2, -0.15) is 0 Å². The van der Waals surface area contributed by atoms with E-state index in [0.717, 1.165) is 19.3 Å². The molecule has 2 aliphatic rings. The van der Waals surface area contributed by atoms with Gasteiger partial charge in [0.05, 0.1) is 42.2 Å². The second-order valence-corrected chi connectivity index (χ2v) is 20.7. The summed E-state index contributed by atoms with van der Waals surface area (Å²) < 4.78 is 18.1. The van der Waals surface area contributed by atoms with Crippen LogP contribution in [0, 0.1) is 17.8 Å². The molecule has 3 rings (SSSR count). The number of carbonyl (C=O) groups is 5. The van der Waals surface area contributed by atoms with Gasteiger partial charge in [0.2, 0.25) is 29.5 Å². The highest BCUT2D eigenvalue weighted by atomic mass is 16.5. The first kappa shape index (κ1) is 53.7. The van der Waals surface area contributed by atoms with Crippen LogP contribution in [0.5, 0.6) is 0 Å². The molecule has 14 nitrogen and oxygen atoms in total. The molecule has 358 valence electrons. The third kappa shape index (κ3) is 15.2. The zero-order valence-corrected chi connectivity index (χ0v) is 41.2. The van der Waals surface area contributed by atoms with Gasteiger partial charge in [0, 0.05) is 58.3 Å². The lowest BCUT2D eigenvalue weighted by Crippen LogP contribution is -2.62. The van der Waals surface area contributed by atoms with Crippen LogP contribution in [0.3, 0.4) is 0 Å². The van der Waals surface area contributed by atoms with Gasteiger partial charge in [-0.1, -0.05) is 71.4 Å². The van der Waals surface area contributed by atoms with Gasteiger partial charge in [-0.3, -0.25) is 24.0 Å². The Bertz CT molecular complexity index is 1660. The quantitative estimate of drug-likeness (QED) is 0.0936. The molecular weight excluding hydrogens is 801 g/mol. The van der Waals surface area contributed by atoms with Crippen molar-refractivity contribution in [3.8, 4) is 0 Å². The first-order chi connectivity index (χ1) is 29.3. The minimum atomic E-state index is -1.32. The summed E-state index contributed by atoms with van der Waals surface area (Å²) in [6.45, 7) is 22.2. The molecule has 0 aromatic heterocycles. The standard InChI is InChI=1S/C49H84N6O8/c1-15-33(4)41(54(12)44(59)40(32(2)3)52-45(60)48(10,11)53-38(56)23-24-47(8,9)63-29-27-46(6,7)50)37(61-13)30-39(57)55-28-19-22-36(55)42(62-14)34(5)43(58)51-31-49(25-26-49)35-20-17-16-18-21-35/h16-18,20-21,32-34,36-37,40-42H,15,19,22-31,50H2,1-14H3,(H,51,58)(H,52,60)(H,53,56)/t33-,34+,36-,37+,40-,41-,42+/m0/s1. The summed E-state index contributed by atoms with van der Waals surface area (Å²) in [5.74, 6) is -2.21. The van der Waals surface area contributed by atoms with E-state index in [2.05, 4.69) is 28.1 Å². The van der Waals surface area contributed by atoms with E-state index < -0.39 is 47.3 Å². The SMILES string of the molecule is CC[C@H](C)[C@@H]([C@@H](CC(=O)N1CCC[C@H]1[C@H](OC)[C@@H](C)C(=O)NCC1(c2ccccc2)CC1)OC)N(C)C(=O)[C@@H](NC(=O)C(C)(C)NC(=O)CCC(C)(C)OCCC(C)(C)N)C(C)C. The molecule has 1 aliphatic carbocycles. The summed E-state index contributed by atoms with van der Waals surface area (Å²) in [4.78, 5) is 72.8. The molecule has 0 radical (unpaired) electrons. The fourth-order valence-corrected chi connectivity index (χ4v) is 8.83. The second kappa shape index (κ2) is 23.0. The molecule has 1 aromatic carbocycles. The first-order valence-electron chi connectivity index (χ1n) is 23.3. The van der Waals surface area contributed by atoms with E-state index in [1.165, 1.54) is 5.56 Å². The largest absolute Gasteiger partial charge is 0.379 e. The fraction of sp³-hybridized carbons (Fsp3) is 0.776. The van der Waals surface area contributed by atoms with Gasteiger partial charge in [-0.05, 0) is 97.5 Å². The van der Waals surface area contributed by atoms with Crippen molar-refractivity contribution in [1.29, 1.82) is 0 Å². The van der Waals surface area contributed by atoms with Crippen molar-refractivity contribution in [3.05, 3.63) is 35.9 Å². The van der Waals surface area contributed by atoms with Crippen molar-refractivity contribution < 1.29 is 38.2 Å². The van der Waals surface area contributed by atoms with Crippen LogP contribution in [0.15, 0.2) is 30.3 Å². The molecule has 0 spiro atoms. The van der Waals surface area contributed by atoms with Gasteiger partial charge in [-0.25, -0.2) is 0 Å². The fourth-order valence-electron chi connectivity index (χ4n) is 8.83. The lowest BCUT2D eigenvalue weighted by molar-refractivity contribution is -0.148. The van der Waals surface area contributed by atoms with Crippen molar-refractivity contribution in [1.82, 2.24) is 25.8 Å². The molecule has 1 aliphatic heterocycles. The number of nitrogens with zero attached hydrogens (tertiary/aromatic N) is 2. The van der Waals surface area contributed by atoms with Gasteiger partial charge >= 0.3 is 0 Å². The average Bonchev–Trinajstić information content (AvgIpc) is 3.86. The topological polar surface area (TPSA) is 182 Å². The highest BCUT2D eigenvalue weighted by Crippen LogP contribution is 2.47. The first-order valence-corrected chi connectivity index (χ1v) is 23.3. The molecule has 0 unspecified atom stereocenters. The molecule has 2 fully saturated rings. The summed E-state index contributed by atoms with van der Waals surface area (Å²) in [6, 6.07) is 8.57. The maximum absolute atomic E-state index is 14.5. The van der Waals surface area contributed by atoms with Crippen LogP contribution in [0.2, 0.25) is 0 Å². The Hall–Kier alpha value is -3.59. The van der Waals surface area contributed by atoms with Crippen LogP contribution in [-0.4, -0.2) is 127 Å². The zero-order chi connectivity index (χ0) is 47.5. The number of nitrogens with one attached hydrogen (secondary N) is 3. The van der Waals surface area contributed by atoms with Crippen LogP contribution < -0.4 is 21.7 Å². The van der Waals surface area contributed by atoms with Crippen molar-refractivity contribution >= 4 is 29.5 Å². The zero-order valence-electron chi connectivity index (χ0n) is 41.2. The van der Waals surface area contributed by atoms with Crippen molar-refractivity contribution in [2.75, 3.05) is 41.0 Å². The Morgan fingerprint density at radius 2 is 1.59 bits per heavy atom. The van der Waals surface area contributed by atoms with Gasteiger partial charge in [-0.15, -0.1) is 0 Å². The maximum atomic E-state index is 14.5. The van der Waals surface area contributed by atoms with E-state index in [1.54, 1.807) is 40.0 Å². The van der Waals surface area contributed by atoms with E-state index in [1.807, 2.05) is 85.4 Å². The van der Waals surface area contributed by atoms with E-state index in [0.29, 0.717) is 45.4 Å². The third-order valence-corrected chi connectivity index (χ3v) is 13.5. The number of hydrogen-bond acceptors (Lipinski definition) is 9. The summed E-state index contributed by atoms with van der Waals surface area (Å²) in [7, 11) is 4.86. The third-order valence-electron chi connectivity index (χ3n) is 13.5. The number of nitrogens with two attached hydrogens (primary N) is 1. The molecule has 5 N–H and O–H groups in total. The number of ether oxygens (including phenoxy) is 3. The summed E-state index contributed by atoms with van der Waals surface area (Å²) >= 11 is 0. The van der Waals surface area contributed by atoms with E-state index in [4.69, 9.17) is 19.9 Å².